The molecule has 2 aromatic heterocycles. The SMILES string of the molecule is CC(C)(C)OC(=O)Cc1cccc(-c2csc(-c3cc(C(F)(F)F)c(C#N)c(=O)n3Cc3ccc(F)cc3F)c2)c1. The first-order valence-electron chi connectivity index (χ1n) is 12.3. The third kappa shape index (κ3) is 6.89. The Balaban J connectivity index is 1.80. The predicted molar refractivity (Wildman–Crippen MR) is 144 cm³/mol. The minimum absolute atomic E-state index is 0.00937. The van der Waals surface area contributed by atoms with E-state index in [1.165, 1.54) is 6.07 Å². The van der Waals surface area contributed by atoms with Crippen molar-refractivity contribution in [3.63, 3.8) is 0 Å². The Morgan fingerprint density at radius 3 is 2.39 bits per heavy atom. The van der Waals surface area contributed by atoms with Gasteiger partial charge in [0.25, 0.3) is 5.56 Å². The lowest BCUT2D eigenvalue weighted by Crippen LogP contribution is -2.28. The van der Waals surface area contributed by atoms with E-state index >= 15 is 0 Å². The first-order chi connectivity index (χ1) is 19.2. The quantitative estimate of drug-likeness (QED) is 0.175. The van der Waals surface area contributed by atoms with Gasteiger partial charge in [0.2, 0.25) is 0 Å². The topological polar surface area (TPSA) is 72.1 Å². The molecule has 0 saturated heterocycles. The molecule has 0 amide bonds. The number of hydrogen-bond acceptors (Lipinski definition) is 5. The van der Waals surface area contributed by atoms with Gasteiger partial charge in [-0.05, 0) is 61.0 Å². The van der Waals surface area contributed by atoms with Gasteiger partial charge in [0.05, 0.1) is 29.1 Å². The van der Waals surface area contributed by atoms with E-state index < -0.39 is 52.6 Å². The lowest BCUT2D eigenvalue weighted by atomic mass is 10.0. The van der Waals surface area contributed by atoms with Gasteiger partial charge in [-0.2, -0.15) is 18.4 Å². The third-order valence-corrected chi connectivity index (χ3v) is 6.89. The zero-order valence-corrected chi connectivity index (χ0v) is 22.9. The number of alkyl halides is 3. The number of nitriles is 1. The molecule has 0 aliphatic heterocycles. The molecule has 11 heteroatoms. The molecule has 0 fully saturated rings. The molecule has 0 N–H and O–H groups in total. The second kappa shape index (κ2) is 11.3. The summed E-state index contributed by atoms with van der Waals surface area (Å²) >= 11 is 1.04. The van der Waals surface area contributed by atoms with E-state index in [0.717, 1.165) is 28.0 Å². The number of pyridine rings is 1. The van der Waals surface area contributed by atoms with Gasteiger partial charge in [0.15, 0.2) is 0 Å². The summed E-state index contributed by atoms with van der Waals surface area (Å²) in [5.74, 6) is -2.27. The van der Waals surface area contributed by atoms with Crippen molar-refractivity contribution in [1.82, 2.24) is 4.57 Å². The number of nitrogens with zero attached hydrogens (tertiary/aromatic N) is 2. The molecular weight excluding hydrogens is 563 g/mol. The van der Waals surface area contributed by atoms with Crippen LogP contribution in [0.15, 0.2) is 64.8 Å². The molecular formula is C30H23F5N2O3S. The summed E-state index contributed by atoms with van der Waals surface area (Å²) in [6.07, 6.45) is -5.00. The number of carbonyl (C=O) groups is 1. The monoisotopic (exact) mass is 586 g/mol. The minimum atomic E-state index is -5.00. The number of halogens is 5. The van der Waals surface area contributed by atoms with Crippen molar-refractivity contribution in [2.24, 2.45) is 0 Å². The summed E-state index contributed by atoms with van der Waals surface area (Å²) in [5.41, 5.74) is -2.87. The third-order valence-electron chi connectivity index (χ3n) is 5.94. The van der Waals surface area contributed by atoms with E-state index in [0.29, 0.717) is 28.8 Å². The Morgan fingerprint density at radius 2 is 1.76 bits per heavy atom. The number of aromatic nitrogens is 1. The number of benzene rings is 2. The van der Waals surface area contributed by atoms with Crippen LogP contribution in [0.1, 0.15) is 43.0 Å². The molecule has 0 saturated carbocycles. The molecule has 212 valence electrons. The molecule has 2 heterocycles. The van der Waals surface area contributed by atoms with Crippen LogP contribution in [0.3, 0.4) is 0 Å². The van der Waals surface area contributed by atoms with Gasteiger partial charge in [0, 0.05) is 11.6 Å². The summed E-state index contributed by atoms with van der Waals surface area (Å²) in [6, 6.07) is 13.2. The summed E-state index contributed by atoms with van der Waals surface area (Å²) in [5, 5.41) is 11.1. The fourth-order valence-corrected chi connectivity index (χ4v) is 5.13. The summed E-state index contributed by atoms with van der Waals surface area (Å²) in [7, 11) is 0. The van der Waals surface area contributed by atoms with Crippen molar-refractivity contribution in [2.45, 2.75) is 45.5 Å². The number of thiophene rings is 1. The van der Waals surface area contributed by atoms with Crippen LogP contribution >= 0.6 is 11.3 Å². The van der Waals surface area contributed by atoms with E-state index in [2.05, 4.69) is 0 Å². The zero-order valence-electron chi connectivity index (χ0n) is 22.1. The van der Waals surface area contributed by atoms with Gasteiger partial charge in [-0.25, -0.2) is 8.78 Å². The van der Waals surface area contributed by atoms with Crippen molar-refractivity contribution in [3.05, 3.63) is 104 Å². The molecule has 41 heavy (non-hydrogen) atoms. The van der Waals surface area contributed by atoms with Crippen LogP contribution in [0.4, 0.5) is 22.0 Å². The lowest BCUT2D eigenvalue weighted by Gasteiger charge is -2.19. The summed E-state index contributed by atoms with van der Waals surface area (Å²) in [6.45, 7) is 4.73. The average Bonchev–Trinajstić information content (AvgIpc) is 3.35. The molecule has 0 unspecified atom stereocenters. The van der Waals surface area contributed by atoms with Crippen molar-refractivity contribution in [1.29, 1.82) is 5.26 Å². The Hall–Kier alpha value is -4.30. The van der Waals surface area contributed by atoms with Crippen LogP contribution < -0.4 is 5.56 Å². The highest BCUT2D eigenvalue weighted by Gasteiger charge is 2.37. The highest BCUT2D eigenvalue weighted by atomic mass is 32.1. The molecule has 4 aromatic rings. The van der Waals surface area contributed by atoms with E-state index in [4.69, 9.17) is 4.74 Å². The van der Waals surface area contributed by atoms with Gasteiger partial charge < -0.3 is 9.30 Å². The largest absolute Gasteiger partial charge is 0.460 e. The van der Waals surface area contributed by atoms with Crippen molar-refractivity contribution >= 4 is 17.3 Å². The van der Waals surface area contributed by atoms with Crippen LogP contribution in [0.5, 0.6) is 0 Å². The Morgan fingerprint density at radius 1 is 1.02 bits per heavy atom. The fourth-order valence-electron chi connectivity index (χ4n) is 4.19. The van der Waals surface area contributed by atoms with Crippen LogP contribution in [0.2, 0.25) is 0 Å². The highest BCUT2D eigenvalue weighted by molar-refractivity contribution is 7.14. The molecule has 0 spiro atoms. The maximum atomic E-state index is 14.5. The normalized spacial score (nSPS) is 11.8. The van der Waals surface area contributed by atoms with Gasteiger partial charge in [-0.15, -0.1) is 11.3 Å². The number of ether oxygens (including phenoxy) is 1. The predicted octanol–water partition coefficient (Wildman–Crippen LogP) is 7.34. The standard InChI is InChI=1S/C30H23F5N2O3S/c1-29(2,3)40-27(38)10-17-5-4-6-18(9-17)20-11-26(41-16-20)25-13-23(30(33,34)35)22(14-36)28(39)37(25)15-19-7-8-21(31)12-24(19)32/h4-9,11-13,16H,10,15H2,1-3H3. The van der Waals surface area contributed by atoms with E-state index in [1.807, 2.05) is 0 Å². The number of hydrogen-bond donors (Lipinski definition) is 0. The van der Waals surface area contributed by atoms with Crippen LogP contribution in [0, 0.1) is 23.0 Å². The Bertz CT molecular complexity index is 1730. The minimum Gasteiger partial charge on any atom is -0.460 e. The van der Waals surface area contributed by atoms with Crippen LogP contribution in [-0.4, -0.2) is 16.1 Å². The zero-order chi connectivity index (χ0) is 30.1. The second-order valence-corrected chi connectivity index (χ2v) is 11.1. The van der Waals surface area contributed by atoms with Crippen LogP contribution in [0.25, 0.3) is 21.7 Å². The fraction of sp³-hybridized carbons (Fsp3) is 0.233. The first-order valence-corrected chi connectivity index (χ1v) is 13.1. The average molecular weight is 587 g/mol. The number of carbonyl (C=O) groups excluding carboxylic acids is 1. The molecule has 4 rings (SSSR count). The Kier molecular flexibility index (Phi) is 8.17. The first kappa shape index (κ1) is 29.7. The van der Waals surface area contributed by atoms with Crippen LogP contribution in [-0.2, 0) is 28.7 Å². The Labute approximate surface area is 236 Å². The second-order valence-electron chi connectivity index (χ2n) is 10.2. The molecule has 5 nitrogen and oxygen atoms in total. The molecule has 0 aliphatic rings. The van der Waals surface area contributed by atoms with Crippen molar-refractivity contribution in [2.75, 3.05) is 0 Å². The number of esters is 1. The molecule has 2 aromatic carbocycles. The highest BCUT2D eigenvalue weighted by Crippen LogP contribution is 2.37. The van der Waals surface area contributed by atoms with Crippen molar-refractivity contribution in [3.8, 4) is 27.8 Å². The summed E-state index contributed by atoms with van der Waals surface area (Å²) < 4.78 is 75.7. The van der Waals surface area contributed by atoms with Gasteiger partial charge >= 0.3 is 12.1 Å². The maximum Gasteiger partial charge on any atom is 0.417 e. The maximum absolute atomic E-state index is 14.5. The molecule has 0 bridgehead atoms. The smallest absolute Gasteiger partial charge is 0.417 e. The molecule has 0 radical (unpaired) electrons. The van der Waals surface area contributed by atoms with E-state index in [-0.39, 0.29) is 22.6 Å². The molecule has 0 aliphatic carbocycles. The summed E-state index contributed by atoms with van der Waals surface area (Å²) in [4.78, 5) is 25.7. The van der Waals surface area contributed by atoms with Gasteiger partial charge in [0.1, 0.15) is 28.9 Å². The number of rotatable bonds is 6. The van der Waals surface area contributed by atoms with Crippen molar-refractivity contribution < 1.29 is 31.5 Å². The molecule has 0 atom stereocenters. The lowest BCUT2D eigenvalue weighted by molar-refractivity contribution is -0.153. The van der Waals surface area contributed by atoms with Gasteiger partial charge in [-0.1, -0.05) is 30.3 Å². The van der Waals surface area contributed by atoms with E-state index in [9.17, 15) is 36.8 Å². The van der Waals surface area contributed by atoms with Gasteiger partial charge in [-0.3, -0.25) is 9.59 Å². The van der Waals surface area contributed by atoms with E-state index in [1.54, 1.807) is 56.5 Å².